The van der Waals surface area contributed by atoms with Crippen molar-refractivity contribution in [1.29, 1.82) is 0 Å². The molecule has 5 heteroatoms. The number of H-pyrrole nitrogens is 1. The molecule has 3 N–H and O–H groups in total. The second-order valence-electron chi connectivity index (χ2n) is 6.15. The van der Waals surface area contributed by atoms with Gasteiger partial charge in [0.05, 0.1) is 6.10 Å². The third-order valence-electron chi connectivity index (χ3n) is 3.62. The van der Waals surface area contributed by atoms with Crippen molar-refractivity contribution in [3.63, 3.8) is 0 Å². The number of aryl methyl sites for hydroxylation is 1. The lowest BCUT2D eigenvalue weighted by Crippen LogP contribution is -2.35. The van der Waals surface area contributed by atoms with Crippen LogP contribution in [0.15, 0.2) is 0 Å². The number of hydrogen-bond donors (Lipinski definition) is 3. The predicted molar refractivity (Wildman–Crippen MR) is 82.8 cm³/mol. The first-order valence-electron chi connectivity index (χ1n) is 7.36. The molecule has 1 aromatic heterocycles. The lowest BCUT2D eigenvalue weighted by molar-refractivity contribution is 0.0866. The summed E-state index contributed by atoms with van der Waals surface area (Å²) in [6.07, 6.45) is -0.584. The van der Waals surface area contributed by atoms with Crippen LogP contribution in [0, 0.1) is 12.8 Å². The minimum Gasteiger partial charge on any atom is -0.391 e. The van der Waals surface area contributed by atoms with Gasteiger partial charge in [0, 0.05) is 17.8 Å². The summed E-state index contributed by atoms with van der Waals surface area (Å²) in [5.41, 5.74) is 2.47. The Kier molecular flexibility index (Phi) is 5.72. The van der Waals surface area contributed by atoms with Gasteiger partial charge in [0.15, 0.2) is 5.78 Å². The van der Waals surface area contributed by atoms with Gasteiger partial charge < -0.3 is 15.4 Å². The molecule has 1 atom stereocenters. The van der Waals surface area contributed by atoms with Gasteiger partial charge in [-0.2, -0.15) is 0 Å². The first kappa shape index (κ1) is 17.4. The Bertz CT molecular complexity index is 530. The fraction of sp³-hybridized carbons (Fsp3) is 0.625. The van der Waals surface area contributed by atoms with Crippen LogP contribution >= 0.6 is 0 Å². The van der Waals surface area contributed by atoms with Crippen molar-refractivity contribution in [2.45, 2.75) is 53.6 Å². The molecule has 1 heterocycles. The summed E-state index contributed by atoms with van der Waals surface area (Å²) >= 11 is 0. The van der Waals surface area contributed by atoms with Crippen LogP contribution in [0.25, 0.3) is 0 Å². The molecule has 0 aromatic carbocycles. The minimum absolute atomic E-state index is 0.0475. The molecule has 0 fully saturated rings. The lowest BCUT2D eigenvalue weighted by Gasteiger charge is -2.15. The van der Waals surface area contributed by atoms with E-state index < -0.39 is 6.10 Å². The van der Waals surface area contributed by atoms with Gasteiger partial charge in [0.2, 0.25) is 0 Å². The van der Waals surface area contributed by atoms with Crippen molar-refractivity contribution in [2.75, 3.05) is 6.54 Å². The largest absolute Gasteiger partial charge is 0.391 e. The van der Waals surface area contributed by atoms with Crippen molar-refractivity contribution < 1.29 is 14.7 Å². The molecular weight excluding hydrogens is 268 g/mol. The van der Waals surface area contributed by atoms with Gasteiger partial charge in [0.25, 0.3) is 5.91 Å². The highest BCUT2D eigenvalue weighted by molar-refractivity contribution is 6.03. The molecular formula is C16H26N2O3. The van der Waals surface area contributed by atoms with Gasteiger partial charge in [-0.3, -0.25) is 9.59 Å². The Morgan fingerprint density at radius 2 is 1.81 bits per heavy atom. The van der Waals surface area contributed by atoms with Crippen LogP contribution in [-0.4, -0.2) is 34.4 Å². The van der Waals surface area contributed by atoms with E-state index in [-0.39, 0.29) is 30.1 Å². The Balaban J connectivity index is 3.05. The number of nitrogens with one attached hydrogen (secondary N) is 2. The molecule has 5 nitrogen and oxygen atoms in total. The van der Waals surface area contributed by atoms with E-state index >= 15 is 0 Å². The standard InChI is InChI=1S/C16H26N2O3/c1-8(2)12(20)7-17-16(21)15-13(9(3)4)14(11(6)19)10(5)18-15/h8-9,12,18,20H,7H2,1-6H3,(H,17,21). The first-order valence-corrected chi connectivity index (χ1v) is 7.36. The van der Waals surface area contributed by atoms with Crippen molar-refractivity contribution in [2.24, 2.45) is 5.92 Å². The molecule has 0 aliphatic rings. The Labute approximate surface area is 126 Å². The zero-order valence-electron chi connectivity index (χ0n) is 13.7. The Hall–Kier alpha value is -1.62. The molecule has 0 aliphatic heterocycles. The van der Waals surface area contributed by atoms with E-state index in [0.29, 0.717) is 17.0 Å². The number of aliphatic hydroxyl groups is 1. The average molecular weight is 294 g/mol. The van der Waals surface area contributed by atoms with E-state index in [4.69, 9.17) is 0 Å². The number of ketones is 1. The zero-order chi connectivity index (χ0) is 16.3. The average Bonchev–Trinajstić information content (AvgIpc) is 2.73. The first-order chi connectivity index (χ1) is 9.66. The summed E-state index contributed by atoms with van der Waals surface area (Å²) in [6, 6.07) is 0. The van der Waals surface area contributed by atoms with Crippen LogP contribution < -0.4 is 5.32 Å². The van der Waals surface area contributed by atoms with Gasteiger partial charge in [-0.05, 0) is 31.2 Å². The van der Waals surface area contributed by atoms with E-state index in [1.807, 2.05) is 27.7 Å². The zero-order valence-corrected chi connectivity index (χ0v) is 13.7. The molecule has 118 valence electrons. The van der Waals surface area contributed by atoms with Crippen LogP contribution in [0.4, 0.5) is 0 Å². The van der Waals surface area contributed by atoms with E-state index in [1.54, 1.807) is 6.92 Å². The second-order valence-corrected chi connectivity index (χ2v) is 6.15. The monoisotopic (exact) mass is 294 g/mol. The molecule has 1 amide bonds. The number of carbonyl (C=O) groups is 2. The third-order valence-corrected chi connectivity index (χ3v) is 3.62. The normalized spacial score (nSPS) is 12.8. The molecule has 0 saturated heterocycles. The van der Waals surface area contributed by atoms with Gasteiger partial charge >= 0.3 is 0 Å². The molecule has 0 aliphatic carbocycles. The molecule has 1 aromatic rings. The number of carbonyl (C=O) groups excluding carboxylic acids is 2. The maximum atomic E-state index is 12.3. The van der Waals surface area contributed by atoms with Gasteiger partial charge in [-0.1, -0.05) is 27.7 Å². The number of hydrogen-bond acceptors (Lipinski definition) is 3. The molecule has 0 spiro atoms. The summed E-state index contributed by atoms with van der Waals surface area (Å²) in [7, 11) is 0. The number of aliphatic hydroxyl groups excluding tert-OH is 1. The van der Waals surface area contributed by atoms with Crippen LogP contribution in [-0.2, 0) is 0 Å². The highest BCUT2D eigenvalue weighted by Gasteiger charge is 2.25. The van der Waals surface area contributed by atoms with Crippen LogP contribution in [0.5, 0.6) is 0 Å². The van der Waals surface area contributed by atoms with E-state index in [2.05, 4.69) is 10.3 Å². The Morgan fingerprint density at radius 3 is 2.24 bits per heavy atom. The van der Waals surface area contributed by atoms with E-state index in [1.165, 1.54) is 6.92 Å². The minimum atomic E-state index is -0.584. The molecule has 1 unspecified atom stereocenters. The SMILES string of the molecule is CC(=O)c1c(C)[nH]c(C(=O)NCC(O)C(C)C)c1C(C)C. The van der Waals surface area contributed by atoms with E-state index in [0.717, 1.165) is 5.56 Å². The summed E-state index contributed by atoms with van der Waals surface area (Å²) in [6.45, 7) is 11.2. The molecule has 0 saturated carbocycles. The predicted octanol–water partition coefficient (Wildman–Crippen LogP) is 2.40. The molecule has 0 radical (unpaired) electrons. The van der Waals surface area contributed by atoms with Gasteiger partial charge in [-0.15, -0.1) is 0 Å². The van der Waals surface area contributed by atoms with Crippen molar-refractivity contribution in [1.82, 2.24) is 10.3 Å². The van der Waals surface area contributed by atoms with Crippen LogP contribution in [0.1, 0.15) is 72.6 Å². The smallest absolute Gasteiger partial charge is 0.268 e. The molecule has 1 rings (SSSR count). The number of aromatic amines is 1. The summed E-state index contributed by atoms with van der Waals surface area (Å²) < 4.78 is 0. The van der Waals surface area contributed by atoms with Crippen molar-refractivity contribution in [3.05, 3.63) is 22.5 Å². The highest BCUT2D eigenvalue weighted by atomic mass is 16.3. The lowest BCUT2D eigenvalue weighted by atomic mass is 9.95. The number of Topliss-reactive ketones (excluding diaryl/α,β-unsaturated/α-hetero) is 1. The maximum absolute atomic E-state index is 12.3. The number of amides is 1. The van der Waals surface area contributed by atoms with Crippen LogP contribution in [0.3, 0.4) is 0 Å². The molecule has 0 bridgehead atoms. The van der Waals surface area contributed by atoms with Crippen LogP contribution in [0.2, 0.25) is 0 Å². The summed E-state index contributed by atoms with van der Waals surface area (Å²) in [5, 5.41) is 12.5. The second kappa shape index (κ2) is 6.89. The van der Waals surface area contributed by atoms with Gasteiger partial charge in [-0.25, -0.2) is 0 Å². The maximum Gasteiger partial charge on any atom is 0.268 e. The van der Waals surface area contributed by atoms with E-state index in [9.17, 15) is 14.7 Å². The summed E-state index contributed by atoms with van der Waals surface area (Å²) in [4.78, 5) is 27.1. The topological polar surface area (TPSA) is 82.2 Å². The Morgan fingerprint density at radius 1 is 1.24 bits per heavy atom. The third kappa shape index (κ3) is 3.94. The van der Waals surface area contributed by atoms with Gasteiger partial charge in [0.1, 0.15) is 5.69 Å². The number of aromatic nitrogens is 1. The highest BCUT2D eigenvalue weighted by Crippen LogP contribution is 2.27. The quantitative estimate of drug-likeness (QED) is 0.705. The summed E-state index contributed by atoms with van der Waals surface area (Å²) in [5.74, 6) is -0.194. The number of rotatable bonds is 6. The molecule has 21 heavy (non-hydrogen) atoms. The van der Waals surface area contributed by atoms with Crippen molar-refractivity contribution >= 4 is 11.7 Å². The fourth-order valence-corrected chi connectivity index (χ4v) is 2.38. The van der Waals surface area contributed by atoms with Crippen molar-refractivity contribution in [3.8, 4) is 0 Å². The fourth-order valence-electron chi connectivity index (χ4n) is 2.38.